The predicted octanol–water partition coefficient (Wildman–Crippen LogP) is 0.787. The SMILES string of the molecule is C#CCNC(=O)C#Cc1ccccc1. The Morgan fingerprint density at radius 3 is 2.71 bits per heavy atom. The number of carbonyl (C=O) groups is 1. The highest BCUT2D eigenvalue weighted by atomic mass is 16.1. The summed E-state index contributed by atoms with van der Waals surface area (Å²) in [5.41, 5.74) is 0.809. The second-order valence-electron chi connectivity index (χ2n) is 2.50. The molecule has 0 saturated heterocycles. The van der Waals surface area contributed by atoms with Crippen LogP contribution in [0.5, 0.6) is 0 Å². The van der Waals surface area contributed by atoms with Gasteiger partial charge in [-0.3, -0.25) is 4.79 Å². The lowest BCUT2D eigenvalue weighted by Gasteiger charge is -1.90. The molecule has 0 saturated carbocycles. The van der Waals surface area contributed by atoms with Crippen molar-refractivity contribution in [1.29, 1.82) is 0 Å². The van der Waals surface area contributed by atoms with E-state index in [1.807, 2.05) is 30.3 Å². The van der Waals surface area contributed by atoms with Crippen LogP contribution in [0.4, 0.5) is 0 Å². The maximum atomic E-state index is 11.0. The Hall–Kier alpha value is -2.19. The van der Waals surface area contributed by atoms with E-state index < -0.39 is 0 Å². The van der Waals surface area contributed by atoms with Gasteiger partial charge in [-0.25, -0.2) is 0 Å². The van der Waals surface area contributed by atoms with Crippen LogP contribution in [0.15, 0.2) is 30.3 Å². The molecule has 0 atom stereocenters. The topological polar surface area (TPSA) is 29.1 Å². The number of amides is 1. The number of nitrogens with one attached hydrogen (secondary N) is 1. The summed E-state index contributed by atoms with van der Waals surface area (Å²) in [7, 11) is 0. The van der Waals surface area contributed by atoms with Crippen LogP contribution >= 0.6 is 0 Å². The Morgan fingerprint density at radius 2 is 2.07 bits per heavy atom. The lowest BCUT2D eigenvalue weighted by atomic mass is 10.2. The molecule has 0 aliphatic carbocycles. The van der Waals surface area contributed by atoms with Crippen LogP contribution in [0.1, 0.15) is 5.56 Å². The third-order valence-corrected chi connectivity index (χ3v) is 1.45. The molecule has 2 nitrogen and oxygen atoms in total. The summed E-state index contributed by atoms with van der Waals surface area (Å²) in [5.74, 6) is 7.10. The second kappa shape index (κ2) is 5.45. The highest BCUT2D eigenvalue weighted by Crippen LogP contribution is 1.94. The second-order valence-corrected chi connectivity index (χ2v) is 2.50. The summed E-state index contributed by atoms with van der Waals surface area (Å²) in [5, 5.41) is 2.45. The van der Waals surface area contributed by atoms with E-state index in [0.717, 1.165) is 5.56 Å². The van der Waals surface area contributed by atoms with E-state index in [0.29, 0.717) is 0 Å². The van der Waals surface area contributed by atoms with Gasteiger partial charge in [0, 0.05) is 11.5 Å². The number of hydrogen-bond acceptors (Lipinski definition) is 1. The van der Waals surface area contributed by atoms with Gasteiger partial charge in [0.15, 0.2) is 0 Å². The monoisotopic (exact) mass is 183 g/mol. The molecule has 1 aromatic rings. The molecule has 0 unspecified atom stereocenters. The molecular weight excluding hydrogens is 174 g/mol. The minimum absolute atomic E-state index is 0.211. The molecular formula is C12H9NO. The van der Waals surface area contributed by atoms with Gasteiger partial charge in [-0.2, -0.15) is 0 Å². The zero-order valence-corrected chi connectivity index (χ0v) is 7.58. The summed E-state index contributed by atoms with van der Waals surface area (Å²) in [6, 6.07) is 9.29. The van der Waals surface area contributed by atoms with Crippen LogP contribution in [0.25, 0.3) is 0 Å². The van der Waals surface area contributed by atoms with Crippen molar-refractivity contribution in [2.24, 2.45) is 0 Å². The molecule has 0 spiro atoms. The molecule has 1 amide bonds. The van der Waals surface area contributed by atoms with E-state index in [4.69, 9.17) is 6.42 Å². The lowest BCUT2D eigenvalue weighted by Crippen LogP contribution is -2.21. The molecule has 0 aromatic heterocycles. The molecule has 14 heavy (non-hydrogen) atoms. The summed E-state index contributed by atoms with van der Waals surface area (Å²) < 4.78 is 0. The van der Waals surface area contributed by atoms with Crippen LogP contribution in [0, 0.1) is 24.2 Å². The molecule has 1 N–H and O–H groups in total. The van der Waals surface area contributed by atoms with Crippen molar-refractivity contribution in [3.05, 3.63) is 35.9 Å². The average Bonchev–Trinajstić information content (AvgIpc) is 2.25. The summed E-state index contributed by atoms with van der Waals surface area (Å²) >= 11 is 0. The van der Waals surface area contributed by atoms with Gasteiger partial charge in [-0.15, -0.1) is 6.42 Å². The third kappa shape index (κ3) is 3.47. The summed E-state index contributed by atoms with van der Waals surface area (Å²) in [6.07, 6.45) is 4.97. The first-order valence-corrected chi connectivity index (χ1v) is 4.11. The Balaban J connectivity index is 2.57. The fourth-order valence-electron chi connectivity index (χ4n) is 0.826. The number of carbonyl (C=O) groups excluding carboxylic acids is 1. The first-order valence-electron chi connectivity index (χ1n) is 4.11. The van der Waals surface area contributed by atoms with Gasteiger partial charge >= 0.3 is 0 Å². The highest BCUT2D eigenvalue weighted by molar-refractivity contribution is 5.94. The molecule has 1 rings (SSSR count). The molecule has 0 aliphatic rings. The maximum absolute atomic E-state index is 11.0. The molecule has 1 aromatic carbocycles. The van der Waals surface area contributed by atoms with Gasteiger partial charge in [0.05, 0.1) is 6.54 Å². The van der Waals surface area contributed by atoms with Gasteiger partial charge in [0.1, 0.15) is 0 Å². The largest absolute Gasteiger partial charge is 0.334 e. The zero-order chi connectivity index (χ0) is 10.2. The summed E-state index contributed by atoms with van der Waals surface area (Å²) in [6.45, 7) is 0.211. The van der Waals surface area contributed by atoms with E-state index in [-0.39, 0.29) is 12.5 Å². The third-order valence-electron chi connectivity index (χ3n) is 1.45. The van der Waals surface area contributed by atoms with Crippen LogP contribution < -0.4 is 5.32 Å². The van der Waals surface area contributed by atoms with E-state index >= 15 is 0 Å². The smallest absolute Gasteiger partial charge is 0.297 e. The average molecular weight is 183 g/mol. The van der Waals surface area contributed by atoms with Crippen molar-refractivity contribution in [3.8, 4) is 24.2 Å². The number of rotatable bonds is 1. The van der Waals surface area contributed by atoms with E-state index in [9.17, 15) is 4.79 Å². The number of hydrogen-bond donors (Lipinski definition) is 1. The fraction of sp³-hybridized carbons (Fsp3) is 0.0833. The van der Waals surface area contributed by atoms with Crippen molar-refractivity contribution in [2.45, 2.75) is 0 Å². The van der Waals surface area contributed by atoms with Crippen LogP contribution in [-0.2, 0) is 4.79 Å². The van der Waals surface area contributed by atoms with Gasteiger partial charge in [-0.1, -0.05) is 30.0 Å². The predicted molar refractivity (Wildman–Crippen MR) is 55.2 cm³/mol. The van der Waals surface area contributed by atoms with Crippen molar-refractivity contribution in [3.63, 3.8) is 0 Å². The summed E-state index contributed by atoms with van der Waals surface area (Å²) in [4.78, 5) is 11.0. The molecule has 2 heteroatoms. The van der Waals surface area contributed by atoms with Gasteiger partial charge in [0.25, 0.3) is 5.91 Å². The van der Waals surface area contributed by atoms with E-state index in [1.165, 1.54) is 0 Å². The van der Waals surface area contributed by atoms with Gasteiger partial charge < -0.3 is 5.32 Å². The first kappa shape index (κ1) is 9.89. The number of terminal acetylenes is 1. The molecule has 0 heterocycles. The Bertz CT molecular complexity index is 403. The maximum Gasteiger partial charge on any atom is 0.297 e. The van der Waals surface area contributed by atoms with E-state index in [2.05, 4.69) is 23.1 Å². The van der Waals surface area contributed by atoms with Gasteiger partial charge in [0.2, 0.25) is 0 Å². The minimum Gasteiger partial charge on any atom is -0.334 e. The molecule has 0 radical (unpaired) electrons. The minimum atomic E-state index is -0.355. The quantitative estimate of drug-likeness (QED) is 0.641. The fourth-order valence-corrected chi connectivity index (χ4v) is 0.826. The van der Waals surface area contributed by atoms with Crippen LogP contribution in [0.3, 0.4) is 0 Å². The van der Waals surface area contributed by atoms with E-state index in [1.54, 1.807) is 0 Å². The van der Waals surface area contributed by atoms with Crippen molar-refractivity contribution < 1.29 is 4.79 Å². The molecule has 0 fully saturated rings. The highest BCUT2D eigenvalue weighted by Gasteiger charge is 1.90. The standard InChI is InChI=1S/C12H9NO/c1-2-10-13-12(14)9-8-11-6-4-3-5-7-11/h1,3-7H,10H2,(H,13,14). The van der Waals surface area contributed by atoms with Crippen LogP contribution in [0.2, 0.25) is 0 Å². The van der Waals surface area contributed by atoms with Crippen molar-refractivity contribution in [1.82, 2.24) is 5.32 Å². The Labute approximate surface area is 83.3 Å². The Morgan fingerprint density at radius 1 is 1.36 bits per heavy atom. The van der Waals surface area contributed by atoms with Crippen molar-refractivity contribution in [2.75, 3.05) is 6.54 Å². The number of benzene rings is 1. The Kier molecular flexibility index (Phi) is 3.86. The lowest BCUT2D eigenvalue weighted by molar-refractivity contribution is -0.115. The van der Waals surface area contributed by atoms with Gasteiger partial charge in [-0.05, 0) is 12.1 Å². The molecule has 0 aliphatic heterocycles. The van der Waals surface area contributed by atoms with Crippen molar-refractivity contribution >= 4 is 5.91 Å². The zero-order valence-electron chi connectivity index (χ0n) is 7.58. The molecule has 68 valence electrons. The first-order chi connectivity index (χ1) is 6.83. The normalized spacial score (nSPS) is 7.93. The molecule has 0 bridgehead atoms. The van der Waals surface area contributed by atoms with Crippen LogP contribution in [-0.4, -0.2) is 12.5 Å².